The Morgan fingerprint density at radius 1 is 1.21 bits per heavy atom. The SMILES string of the molecule is CN=C(NCc1ccc(OC2CCCC2)c(OC)c1)NCc1ncc(C)s1.I. The molecule has 1 aliphatic carbocycles. The quantitative estimate of drug-likeness (QED) is 0.327. The first-order valence-corrected chi connectivity index (χ1v) is 10.2. The summed E-state index contributed by atoms with van der Waals surface area (Å²) < 4.78 is 11.6. The van der Waals surface area contributed by atoms with Gasteiger partial charge in [-0.2, -0.15) is 0 Å². The number of aliphatic imine (C=N–C) groups is 1. The molecule has 2 aromatic rings. The lowest BCUT2D eigenvalue weighted by Gasteiger charge is -2.17. The molecule has 0 spiro atoms. The van der Waals surface area contributed by atoms with Gasteiger partial charge in [0.1, 0.15) is 5.01 Å². The van der Waals surface area contributed by atoms with E-state index in [-0.39, 0.29) is 24.0 Å². The predicted molar refractivity (Wildman–Crippen MR) is 125 cm³/mol. The Kier molecular flexibility index (Phi) is 9.30. The molecule has 0 atom stereocenters. The highest BCUT2D eigenvalue weighted by atomic mass is 127. The molecule has 6 nitrogen and oxygen atoms in total. The number of ether oxygens (including phenoxy) is 2. The highest BCUT2D eigenvalue weighted by molar-refractivity contribution is 14.0. The molecule has 28 heavy (non-hydrogen) atoms. The van der Waals surface area contributed by atoms with E-state index in [0.29, 0.717) is 19.2 Å². The van der Waals surface area contributed by atoms with Crippen LogP contribution in [0, 0.1) is 6.92 Å². The highest BCUT2D eigenvalue weighted by Gasteiger charge is 2.18. The monoisotopic (exact) mass is 516 g/mol. The van der Waals surface area contributed by atoms with Crippen LogP contribution in [0.4, 0.5) is 0 Å². The zero-order valence-electron chi connectivity index (χ0n) is 16.7. The maximum atomic E-state index is 6.10. The van der Waals surface area contributed by atoms with Crippen LogP contribution in [0.15, 0.2) is 29.4 Å². The number of hydrogen-bond donors (Lipinski definition) is 2. The zero-order chi connectivity index (χ0) is 19.1. The molecule has 0 unspecified atom stereocenters. The van der Waals surface area contributed by atoms with Crippen molar-refractivity contribution in [1.29, 1.82) is 0 Å². The van der Waals surface area contributed by atoms with E-state index in [0.717, 1.165) is 40.9 Å². The largest absolute Gasteiger partial charge is 0.493 e. The Morgan fingerprint density at radius 3 is 2.61 bits per heavy atom. The number of aryl methyl sites for hydroxylation is 1. The van der Waals surface area contributed by atoms with Crippen molar-refractivity contribution >= 4 is 41.3 Å². The van der Waals surface area contributed by atoms with E-state index < -0.39 is 0 Å². The molecular formula is C20H29IN4O2S. The molecule has 154 valence electrons. The lowest BCUT2D eigenvalue weighted by molar-refractivity contribution is 0.200. The molecule has 0 bridgehead atoms. The number of benzene rings is 1. The molecule has 0 aliphatic heterocycles. The van der Waals surface area contributed by atoms with E-state index in [4.69, 9.17) is 9.47 Å². The summed E-state index contributed by atoms with van der Waals surface area (Å²) in [6.45, 7) is 3.37. The van der Waals surface area contributed by atoms with Crippen molar-refractivity contribution in [2.24, 2.45) is 4.99 Å². The maximum Gasteiger partial charge on any atom is 0.191 e. The minimum Gasteiger partial charge on any atom is -0.493 e. The molecule has 2 N–H and O–H groups in total. The van der Waals surface area contributed by atoms with Crippen LogP contribution in [0.3, 0.4) is 0 Å². The van der Waals surface area contributed by atoms with Gasteiger partial charge in [0.15, 0.2) is 17.5 Å². The number of nitrogens with zero attached hydrogens (tertiary/aromatic N) is 2. The fraction of sp³-hybridized carbons (Fsp3) is 0.500. The fourth-order valence-corrected chi connectivity index (χ4v) is 3.88. The first-order valence-electron chi connectivity index (χ1n) is 9.37. The number of rotatable bonds is 7. The van der Waals surface area contributed by atoms with E-state index in [1.165, 1.54) is 17.7 Å². The Morgan fingerprint density at radius 2 is 1.96 bits per heavy atom. The molecular weight excluding hydrogens is 487 g/mol. The second kappa shape index (κ2) is 11.5. The third-order valence-electron chi connectivity index (χ3n) is 4.58. The van der Waals surface area contributed by atoms with Crippen LogP contribution in [0.2, 0.25) is 0 Å². The third kappa shape index (κ3) is 6.51. The highest BCUT2D eigenvalue weighted by Crippen LogP contribution is 2.32. The van der Waals surface area contributed by atoms with Gasteiger partial charge in [-0.05, 0) is 50.3 Å². The van der Waals surface area contributed by atoms with Crippen LogP contribution in [0.25, 0.3) is 0 Å². The van der Waals surface area contributed by atoms with Crippen molar-refractivity contribution in [3.63, 3.8) is 0 Å². The smallest absolute Gasteiger partial charge is 0.191 e. The second-order valence-electron chi connectivity index (χ2n) is 6.65. The van der Waals surface area contributed by atoms with Gasteiger partial charge in [0.05, 0.1) is 19.8 Å². The average molecular weight is 516 g/mol. The summed E-state index contributed by atoms with van der Waals surface area (Å²) in [4.78, 5) is 9.84. The predicted octanol–water partition coefficient (Wildman–Crippen LogP) is 4.26. The summed E-state index contributed by atoms with van der Waals surface area (Å²) in [5.41, 5.74) is 1.11. The molecule has 1 heterocycles. The van der Waals surface area contributed by atoms with Crippen LogP contribution in [0.1, 0.15) is 41.1 Å². The number of halogens is 1. The van der Waals surface area contributed by atoms with E-state index in [2.05, 4.69) is 33.6 Å². The Bertz CT molecular complexity index is 775. The van der Waals surface area contributed by atoms with Crippen LogP contribution in [-0.4, -0.2) is 31.2 Å². The van der Waals surface area contributed by atoms with Crippen LogP contribution >= 0.6 is 35.3 Å². The van der Waals surface area contributed by atoms with Crippen molar-refractivity contribution in [3.8, 4) is 11.5 Å². The fourth-order valence-electron chi connectivity index (χ4n) is 3.15. The lowest BCUT2D eigenvalue weighted by atomic mass is 10.2. The van der Waals surface area contributed by atoms with Crippen molar-refractivity contribution in [1.82, 2.24) is 15.6 Å². The van der Waals surface area contributed by atoms with Gasteiger partial charge in [-0.1, -0.05) is 6.07 Å². The van der Waals surface area contributed by atoms with E-state index in [1.54, 1.807) is 25.5 Å². The average Bonchev–Trinajstić information content (AvgIpc) is 3.34. The minimum absolute atomic E-state index is 0. The first-order chi connectivity index (χ1) is 13.2. The third-order valence-corrected chi connectivity index (χ3v) is 5.50. The molecule has 1 aromatic heterocycles. The van der Waals surface area contributed by atoms with Crippen molar-refractivity contribution < 1.29 is 9.47 Å². The summed E-state index contributed by atoms with van der Waals surface area (Å²) in [6, 6.07) is 6.09. The number of nitrogens with one attached hydrogen (secondary N) is 2. The van der Waals surface area contributed by atoms with Crippen LogP contribution < -0.4 is 20.1 Å². The Labute approximate surface area is 188 Å². The summed E-state index contributed by atoms with van der Waals surface area (Å²) in [7, 11) is 3.45. The van der Waals surface area contributed by atoms with E-state index >= 15 is 0 Å². The zero-order valence-corrected chi connectivity index (χ0v) is 19.8. The summed E-state index contributed by atoms with van der Waals surface area (Å²) in [5.74, 6) is 2.35. The van der Waals surface area contributed by atoms with Gasteiger partial charge in [-0.25, -0.2) is 4.98 Å². The van der Waals surface area contributed by atoms with Gasteiger partial charge in [0.2, 0.25) is 0 Å². The summed E-state index contributed by atoms with van der Waals surface area (Å²) in [6.07, 6.45) is 6.98. The number of thiazole rings is 1. The molecule has 1 aliphatic rings. The van der Waals surface area contributed by atoms with Gasteiger partial charge in [0, 0.05) is 24.7 Å². The van der Waals surface area contributed by atoms with Crippen LogP contribution in [0.5, 0.6) is 11.5 Å². The standard InChI is InChI=1S/C20H28N4O2S.HI/c1-14-11-22-19(27-14)13-24-20(21-2)23-12-15-8-9-17(18(10-15)25-3)26-16-6-4-5-7-16;/h8-11,16H,4-7,12-13H2,1-3H3,(H2,21,23,24);1H. The number of guanidine groups is 1. The second-order valence-corrected chi connectivity index (χ2v) is 7.97. The minimum atomic E-state index is 0. The van der Waals surface area contributed by atoms with Crippen molar-refractivity contribution in [2.45, 2.75) is 51.8 Å². The molecule has 0 saturated heterocycles. The number of aromatic nitrogens is 1. The Balaban J connectivity index is 0.00000280. The van der Waals surface area contributed by atoms with Gasteiger partial charge >= 0.3 is 0 Å². The van der Waals surface area contributed by atoms with Crippen LogP contribution in [-0.2, 0) is 13.1 Å². The molecule has 3 rings (SSSR count). The van der Waals surface area contributed by atoms with Gasteiger partial charge in [-0.3, -0.25) is 4.99 Å². The molecule has 8 heteroatoms. The topological polar surface area (TPSA) is 67.8 Å². The van der Waals surface area contributed by atoms with Gasteiger partial charge in [0.25, 0.3) is 0 Å². The van der Waals surface area contributed by atoms with Gasteiger partial charge < -0.3 is 20.1 Å². The molecule has 0 radical (unpaired) electrons. The maximum absolute atomic E-state index is 6.10. The first kappa shape index (κ1) is 22.7. The summed E-state index contributed by atoms with van der Waals surface area (Å²) >= 11 is 1.69. The molecule has 1 saturated carbocycles. The lowest BCUT2D eigenvalue weighted by Crippen LogP contribution is -2.36. The van der Waals surface area contributed by atoms with Crippen molar-refractivity contribution in [3.05, 3.63) is 39.8 Å². The number of hydrogen-bond acceptors (Lipinski definition) is 5. The normalized spacial score (nSPS) is 14.5. The van der Waals surface area contributed by atoms with E-state index in [9.17, 15) is 0 Å². The Hall–Kier alpha value is -1.55. The number of methoxy groups -OCH3 is 1. The van der Waals surface area contributed by atoms with Crippen molar-refractivity contribution in [2.75, 3.05) is 14.2 Å². The van der Waals surface area contributed by atoms with Gasteiger partial charge in [-0.15, -0.1) is 35.3 Å². The molecule has 1 fully saturated rings. The van der Waals surface area contributed by atoms with E-state index in [1.807, 2.05) is 18.3 Å². The molecule has 1 aromatic carbocycles. The molecule has 0 amide bonds. The summed E-state index contributed by atoms with van der Waals surface area (Å²) in [5, 5.41) is 7.66.